The van der Waals surface area contributed by atoms with Gasteiger partial charge in [-0.25, -0.2) is 13.2 Å². The van der Waals surface area contributed by atoms with Crippen LogP contribution in [0, 0.1) is 23.4 Å². The lowest BCUT2D eigenvalue weighted by molar-refractivity contribution is -0.143. The molecule has 0 aliphatic carbocycles. The molecule has 1 aromatic rings. The Morgan fingerprint density at radius 3 is 2.21 bits per heavy atom. The van der Waals surface area contributed by atoms with E-state index in [2.05, 4.69) is 4.74 Å². The first kappa shape index (κ1) is 15.2. The van der Waals surface area contributed by atoms with E-state index in [1.165, 1.54) is 6.92 Å². The molecule has 0 heterocycles. The largest absolute Gasteiger partial charge is 0.466 e. The van der Waals surface area contributed by atoms with Gasteiger partial charge in [0.05, 0.1) is 13.0 Å². The van der Waals surface area contributed by atoms with E-state index in [-0.39, 0.29) is 18.6 Å². The third-order valence-corrected chi connectivity index (χ3v) is 2.49. The van der Waals surface area contributed by atoms with Crippen molar-refractivity contribution >= 4 is 11.8 Å². The average Bonchev–Trinajstić information content (AvgIpc) is 2.34. The van der Waals surface area contributed by atoms with Crippen LogP contribution in [-0.4, -0.2) is 18.4 Å². The second kappa shape index (κ2) is 6.36. The van der Waals surface area contributed by atoms with E-state index in [0.29, 0.717) is 12.1 Å². The number of rotatable bonds is 5. The number of carbonyl (C=O) groups is 2. The van der Waals surface area contributed by atoms with Crippen molar-refractivity contribution in [2.75, 3.05) is 6.61 Å². The molecule has 0 aromatic heterocycles. The third-order valence-electron chi connectivity index (χ3n) is 2.49. The third kappa shape index (κ3) is 3.81. The Labute approximate surface area is 108 Å². The Morgan fingerprint density at radius 2 is 1.74 bits per heavy atom. The smallest absolute Gasteiger partial charge is 0.306 e. The maximum absolute atomic E-state index is 13.0. The van der Waals surface area contributed by atoms with Gasteiger partial charge in [-0.2, -0.15) is 0 Å². The standard InChI is InChI=1S/C13H13F3O3/c1-3-19-11(17)4-7(2)13(18)8-5-9(14)12(16)10(15)6-8/h5-7H,3-4H2,1-2H3. The van der Waals surface area contributed by atoms with Gasteiger partial charge in [-0.3, -0.25) is 9.59 Å². The number of Topliss-reactive ketones (excluding diaryl/α,β-unsaturated/α-hetero) is 1. The van der Waals surface area contributed by atoms with E-state index in [4.69, 9.17) is 0 Å². The van der Waals surface area contributed by atoms with E-state index in [9.17, 15) is 22.8 Å². The van der Waals surface area contributed by atoms with Gasteiger partial charge in [-0.1, -0.05) is 6.92 Å². The number of benzene rings is 1. The van der Waals surface area contributed by atoms with E-state index in [0.717, 1.165) is 0 Å². The maximum atomic E-state index is 13.0. The summed E-state index contributed by atoms with van der Waals surface area (Å²) in [5.41, 5.74) is -0.312. The summed E-state index contributed by atoms with van der Waals surface area (Å²) in [5, 5.41) is 0. The Bertz CT molecular complexity index is 477. The molecule has 1 rings (SSSR count). The number of ether oxygens (including phenoxy) is 1. The second-order valence-electron chi connectivity index (χ2n) is 4.03. The first-order valence-electron chi connectivity index (χ1n) is 5.71. The van der Waals surface area contributed by atoms with Crippen molar-refractivity contribution in [3.05, 3.63) is 35.1 Å². The summed E-state index contributed by atoms with van der Waals surface area (Å²) >= 11 is 0. The lowest BCUT2D eigenvalue weighted by Crippen LogP contribution is -2.18. The van der Waals surface area contributed by atoms with Crippen LogP contribution in [0.15, 0.2) is 12.1 Å². The Balaban J connectivity index is 2.85. The van der Waals surface area contributed by atoms with Gasteiger partial charge in [0.25, 0.3) is 0 Å². The number of esters is 1. The van der Waals surface area contributed by atoms with Crippen LogP contribution in [0.5, 0.6) is 0 Å². The van der Waals surface area contributed by atoms with E-state index in [1.807, 2.05) is 0 Å². The molecule has 0 spiro atoms. The SMILES string of the molecule is CCOC(=O)CC(C)C(=O)c1cc(F)c(F)c(F)c1. The fourth-order valence-corrected chi connectivity index (χ4v) is 1.54. The van der Waals surface area contributed by atoms with Gasteiger partial charge < -0.3 is 4.74 Å². The minimum absolute atomic E-state index is 0.180. The predicted octanol–water partition coefficient (Wildman–Crippen LogP) is 2.88. The van der Waals surface area contributed by atoms with E-state index >= 15 is 0 Å². The molecule has 1 aromatic carbocycles. The molecule has 0 aliphatic rings. The zero-order chi connectivity index (χ0) is 14.6. The topological polar surface area (TPSA) is 43.4 Å². The first-order valence-corrected chi connectivity index (χ1v) is 5.71. The lowest BCUT2D eigenvalue weighted by atomic mass is 9.96. The number of ketones is 1. The monoisotopic (exact) mass is 274 g/mol. The quantitative estimate of drug-likeness (QED) is 0.471. The molecule has 0 aliphatic heterocycles. The maximum Gasteiger partial charge on any atom is 0.306 e. The summed E-state index contributed by atoms with van der Waals surface area (Å²) in [6.45, 7) is 3.23. The summed E-state index contributed by atoms with van der Waals surface area (Å²) in [7, 11) is 0. The molecular formula is C13H13F3O3. The van der Waals surface area contributed by atoms with Gasteiger partial charge in [0.1, 0.15) is 0 Å². The molecular weight excluding hydrogens is 261 g/mol. The van der Waals surface area contributed by atoms with E-state index < -0.39 is 35.1 Å². The van der Waals surface area contributed by atoms with Crippen LogP contribution in [0.1, 0.15) is 30.6 Å². The summed E-state index contributed by atoms with van der Waals surface area (Å²) in [6, 6.07) is 1.23. The molecule has 0 N–H and O–H groups in total. The van der Waals surface area contributed by atoms with Gasteiger partial charge in [0, 0.05) is 11.5 Å². The lowest BCUT2D eigenvalue weighted by Gasteiger charge is -2.10. The van der Waals surface area contributed by atoms with Gasteiger partial charge >= 0.3 is 5.97 Å². The number of hydrogen-bond donors (Lipinski definition) is 0. The minimum atomic E-state index is -1.63. The molecule has 19 heavy (non-hydrogen) atoms. The van der Waals surface area contributed by atoms with Crippen LogP contribution in [-0.2, 0) is 9.53 Å². The zero-order valence-corrected chi connectivity index (χ0v) is 10.5. The summed E-state index contributed by atoms with van der Waals surface area (Å²) < 4.78 is 43.4. The normalized spacial score (nSPS) is 12.1. The van der Waals surface area contributed by atoms with Crippen LogP contribution in [0.25, 0.3) is 0 Å². The van der Waals surface area contributed by atoms with Crippen LogP contribution in [0.4, 0.5) is 13.2 Å². The molecule has 1 unspecified atom stereocenters. The average molecular weight is 274 g/mol. The van der Waals surface area contributed by atoms with Crippen molar-refractivity contribution in [1.29, 1.82) is 0 Å². The highest BCUT2D eigenvalue weighted by Crippen LogP contribution is 2.18. The Kier molecular flexibility index (Phi) is 5.09. The first-order chi connectivity index (χ1) is 8.86. The summed E-state index contributed by atoms with van der Waals surface area (Å²) in [6.07, 6.45) is -0.201. The number of carbonyl (C=O) groups excluding carboxylic acids is 2. The molecule has 104 valence electrons. The van der Waals surface area contributed by atoms with Crippen molar-refractivity contribution in [3.63, 3.8) is 0 Å². The number of halogens is 3. The van der Waals surface area contributed by atoms with E-state index in [1.54, 1.807) is 6.92 Å². The van der Waals surface area contributed by atoms with Gasteiger partial charge in [-0.15, -0.1) is 0 Å². The van der Waals surface area contributed by atoms with Crippen LogP contribution in [0.2, 0.25) is 0 Å². The fraction of sp³-hybridized carbons (Fsp3) is 0.385. The highest BCUT2D eigenvalue weighted by Gasteiger charge is 2.22. The Morgan fingerprint density at radius 1 is 1.21 bits per heavy atom. The van der Waals surface area contributed by atoms with Gasteiger partial charge in [-0.05, 0) is 19.1 Å². The zero-order valence-electron chi connectivity index (χ0n) is 10.5. The summed E-state index contributed by atoms with van der Waals surface area (Å²) in [5.74, 6) is -6.53. The number of hydrogen-bond acceptors (Lipinski definition) is 3. The summed E-state index contributed by atoms with van der Waals surface area (Å²) in [4.78, 5) is 23.0. The molecule has 0 amide bonds. The molecule has 0 fully saturated rings. The fourth-order valence-electron chi connectivity index (χ4n) is 1.54. The molecule has 0 saturated carbocycles. The molecule has 0 bridgehead atoms. The van der Waals surface area contributed by atoms with Gasteiger partial charge in [0.2, 0.25) is 0 Å². The molecule has 0 saturated heterocycles. The van der Waals surface area contributed by atoms with Crippen molar-refractivity contribution in [2.45, 2.75) is 20.3 Å². The van der Waals surface area contributed by atoms with Crippen molar-refractivity contribution in [1.82, 2.24) is 0 Å². The van der Waals surface area contributed by atoms with Crippen molar-refractivity contribution in [2.24, 2.45) is 5.92 Å². The molecule has 1 atom stereocenters. The van der Waals surface area contributed by atoms with Crippen LogP contribution in [0.3, 0.4) is 0 Å². The highest BCUT2D eigenvalue weighted by molar-refractivity contribution is 5.99. The Hall–Kier alpha value is -1.85. The van der Waals surface area contributed by atoms with Crippen LogP contribution >= 0.6 is 0 Å². The van der Waals surface area contributed by atoms with Crippen molar-refractivity contribution in [3.8, 4) is 0 Å². The minimum Gasteiger partial charge on any atom is -0.466 e. The second-order valence-corrected chi connectivity index (χ2v) is 4.03. The molecule has 3 nitrogen and oxygen atoms in total. The molecule has 6 heteroatoms. The highest BCUT2D eigenvalue weighted by atomic mass is 19.2. The van der Waals surface area contributed by atoms with Crippen molar-refractivity contribution < 1.29 is 27.5 Å². The van der Waals surface area contributed by atoms with Crippen LogP contribution < -0.4 is 0 Å². The predicted molar refractivity (Wildman–Crippen MR) is 61.1 cm³/mol. The molecule has 0 radical (unpaired) electrons. The van der Waals surface area contributed by atoms with Gasteiger partial charge in [0.15, 0.2) is 23.2 Å².